The van der Waals surface area contributed by atoms with Gasteiger partial charge in [-0.25, -0.2) is 24.1 Å². The van der Waals surface area contributed by atoms with Crippen LogP contribution in [0.4, 0.5) is 26.8 Å². The number of aryl methyl sites for hydroxylation is 1. The molecule has 5 rings (SSSR count). The molecule has 0 radical (unpaired) electrons. The second-order valence-electron chi connectivity index (χ2n) is 10.7. The molecule has 12 nitrogen and oxygen atoms in total. The Bertz CT molecular complexity index is 1380. The average molecular weight is 523 g/mol. The van der Waals surface area contributed by atoms with Gasteiger partial charge in [0.25, 0.3) is 0 Å². The maximum Gasteiger partial charge on any atom is 0.410 e. The van der Waals surface area contributed by atoms with Crippen molar-refractivity contribution in [3.8, 4) is 5.75 Å². The number of hydrogen-bond donors (Lipinski definition) is 1. The zero-order valence-corrected chi connectivity index (χ0v) is 22.7. The van der Waals surface area contributed by atoms with Gasteiger partial charge in [-0.2, -0.15) is 5.10 Å². The number of urea groups is 1. The summed E-state index contributed by atoms with van der Waals surface area (Å²) in [5, 5.41) is 7.26. The van der Waals surface area contributed by atoms with E-state index in [2.05, 4.69) is 25.3 Å². The fraction of sp³-hybridized carbons (Fsp3) is 0.500. The first kappa shape index (κ1) is 25.6. The SMILES string of the molecule is COc1cn2nc(C)nc2cc1NC(=O)N1CCc2c(N3CCN(C(=O)OC(C)(C)C)[C@@H](C)C3)ccnc21. The first-order chi connectivity index (χ1) is 18.0. The number of carbonyl (C=O) groups excluding carboxylic acids is 2. The molecule has 2 aliphatic rings. The zero-order chi connectivity index (χ0) is 27.2. The summed E-state index contributed by atoms with van der Waals surface area (Å²) < 4.78 is 12.7. The molecule has 12 heteroatoms. The Hall–Kier alpha value is -4.09. The van der Waals surface area contributed by atoms with Gasteiger partial charge < -0.3 is 24.6 Å². The zero-order valence-electron chi connectivity index (χ0n) is 22.7. The molecule has 1 N–H and O–H groups in total. The molecule has 3 amide bonds. The van der Waals surface area contributed by atoms with Gasteiger partial charge in [-0.3, -0.25) is 4.90 Å². The number of carbonyl (C=O) groups is 2. The molecule has 5 heterocycles. The van der Waals surface area contributed by atoms with Crippen LogP contribution in [0.5, 0.6) is 5.75 Å². The number of fused-ring (bicyclic) bond motifs is 2. The van der Waals surface area contributed by atoms with Crippen LogP contribution in [0.15, 0.2) is 24.5 Å². The molecule has 38 heavy (non-hydrogen) atoms. The lowest BCUT2D eigenvalue weighted by atomic mass is 10.1. The van der Waals surface area contributed by atoms with E-state index in [9.17, 15) is 9.59 Å². The minimum Gasteiger partial charge on any atom is -0.493 e. The molecule has 1 saturated heterocycles. The van der Waals surface area contributed by atoms with Gasteiger partial charge >= 0.3 is 12.1 Å². The van der Waals surface area contributed by atoms with E-state index >= 15 is 0 Å². The van der Waals surface area contributed by atoms with E-state index in [1.54, 1.807) is 46.8 Å². The van der Waals surface area contributed by atoms with E-state index in [-0.39, 0.29) is 18.2 Å². The smallest absolute Gasteiger partial charge is 0.410 e. The minimum atomic E-state index is -0.534. The summed E-state index contributed by atoms with van der Waals surface area (Å²) in [6.07, 6.45) is 3.82. The maximum absolute atomic E-state index is 13.4. The Morgan fingerprint density at radius 2 is 1.97 bits per heavy atom. The number of methoxy groups -OCH3 is 1. The van der Waals surface area contributed by atoms with Gasteiger partial charge in [0, 0.05) is 55.7 Å². The van der Waals surface area contributed by atoms with Gasteiger partial charge in [0.15, 0.2) is 11.4 Å². The molecule has 2 aliphatic heterocycles. The summed E-state index contributed by atoms with van der Waals surface area (Å²) in [4.78, 5) is 40.6. The van der Waals surface area contributed by atoms with E-state index < -0.39 is 5.60 Å². The largest absolute Gasteiger partial charge is 0.493 e. The van der Waals surface area contributed by atoms with Crippen LogP contribution in [0.3, 0.4) is 0 Å². The molecule has 1 atom stereocenters. The Labute approximate surface area is 221 Å². The van der Waals surface area contributed by atoms with Crippen molar-refractivity contribution in [3.05, 3.63) is 35.9 Å². The van der Waals surface area contributed by atoms with Crippen molar-refractivity contribution in [1.29, 1.82) is 0 Å². The number of ether oxygens (including phenoxy) is 2. The third-order valence-corrected chi connectivity index (χ3v) is 6.69. The molecule has 0 bridgehead atoms. The lowest BCUT2D eigenvalue weighted by Crippen LogP contribution is -2.55. The first-order valence-electron chi connectivity index (χ1n) is 12.8. The second kappa shape index (κ2) is 9.66. The summed E-state index contributed by atoms with van der Waals surface area (Å²) in [6, 6.07) is 3.41. The van der Waals surface area contributed by atoms with E-state index in [1.807, 2.05) is 33.8 Å². The van der Waals surface area contributed by atoms with Crippen LogP contribution >= 0.6 is 0 Å². The summed E-state index contributed by atoms with van der Waals surface area (Å²) >= 11 is 0. The molecule has 0 aromatic carbocycles. The number of aromatic nitrogens is 4. The molecule has 0 unspecified atom stereocenters. The standard InChI is InChI=1S/C26H34N8O4/c1-16-14-31(11-12-32(16)25(36)38-26(3,4)5)20-7-9-27-23-18(20)8-10-33(23)24(35)29-19-13-22-28-17(2)30-34(22)15-21(19)37-6/h7,9,13,15-16H,8,10-12,14H2,1-6H3,(H,29,35)/t16-/m0/s1. The van der Waals surface area contributed by atoms with Crippen LogP contribution < -0.4 is 19.9 Å². The summed E-state index contributed by atoms with van der Waals surface area (Å²) in [7, 11) is 1.54. The molecule has 202 valence electrons. The molecule has 0 aliphatic carbocycles. The van der Waals surface area contributed by atoms with E-state index in [0.717, 1.165) is 11.3 Å². The van der Waals surface area contributed by atoms with E-state index in [1.165, 1.54) is 0 Å². The summed E-state index contributed by atoms with van der Waals surface area (Å²) in [5.41, 5.74) is 2.65. The van der Waals surface area contributed by atoms with Crippen molar-refractivity contribution in [2.75, 3.05) is 48.4 Å². The van der Waals surface area contributed by atoms with Crippen molar-refractivity contribution in [2.24, 2.45) is 0 Å². The van der Waals surface area contributed by atoms with Crippen molar-refractivity contribution >= 4 is 35.0 Å². The summed E-state index contributed by atoms with van der Waals surface area (Å²) in [5.74, 6) is 1.75. The number of nitrogens with one attached hydrogen (secondary N) is 1. The van der Waals surface area contributed by atoms with E-state index in [0.29, 0.717) is 61.3 Å². The number of amides is 3. The van der Waals surface area contributed by atoms with Gasteiger partial charge in [-0.1, -0.05) is 0 Å². The third-order valence-electron chi connectivity index (χ3n) is 6.69. The highest BCUT2D eigenvalue weighted by molar-refractivity contribution is 6.04. The fourth-order valence-electron chi connectivity index (χ4n) is 5.00. The highest BCUT2D eigenvalue weighted by Crippen LogP contribution is 2.36. The highest BCUT2D eigenvalue weighted by atomic mass is 16.6. The topological polar surface area (TPSA) is 117 Å². The Morgan fingerprint density at radius 1 is 1.18 bits per heavy atom. The Kier molecular flexibility index (Phi) is 6.49. The second-order valence-corrected chi connectivity index (χ2v) is 10.7. The van der Waals surface area contributed by atoms with Crippen molar-refractivity contribution in [3.63, 3.8) is 0 Å². The van der Waals surface area contributed by atoms with Gasteiger partial charge in [0.05, 0.1) is 19.0 Å². The predicted octanol–water partition coefficient (Wildman–Crippen LogP) is 3.48. The van der Waals surface area contributed by atoms with Crippen LogP contribution in [0, 0.1) is 6.92 Å². The van der Waals surface area contributed by atoms with Gasteiger partial charge in [0.2, 0.25) is 0 Å². The minimum absolute atomic E-state index is 0.0219. The Morgan fingerprint density at radius 3 is 2.68 bits per heavy atom. The lowest BCUT2D eigenvalue weighted by molar-refractivity contribution is 0.0159. The quantitative estimate of drug-likeness (QED) is 0.556. The number of rotatable bonds is 3. The van der Waals surface area contributed by atoms with Gasteiger partial charge in [0.1, 0.15) is 17.2 Å². The number of piperazine rings is 1. The van der Waals surface area contributed by atoms with Crippen LogP contribution in [0.1, 0.15) is 39.1 Å². The van der Waals surface area contributed by atoms with Crippen LogP contribution in [0.25, 0.3) is 5.65 Å². The van der Waals surface area contributed by atoms with E-state index in [4.69, 9.17) is 9.47 Å². The van der Waals surface area contributed by atoms with Gasteiger partial charge in [-0.05, 0) is 47.1 Å². The summed E-state index contributed by atoms with van der Waals surface area (Å²) in [6.45, 7) is 11.8. The highest BCUT2D eigenvalue weighted by Gasteiger charge is 2.34. The molecule has 3 aromatic heterocycles. The average Bonchev–Trinajstić information content (AvgIpc) is 3.44. The maximum atomic E-state index is 13.4. The van der Waals surface area contributed by atoms with Crippen molar-refractivity contribution in [1.82, 2.24) is 24.5 Å². The third kappa shape index (κ3) is 4.90. The molecule has 3 aromatic rings. The van der Waals surface area contributed by atoms with Crippen molar-refractivity contribution in [2.45, 2.75) is 52.7 Å². The normalized spacial score (nSPS) is 17.5. The Balaban J connectivity index is 1.32. The van der Waals surface area contributed by atoms with Crippen LogP contribution in [-0.4, -0.2) is 81.5 Å². The molecular formula is C26H34N8O4. The molecule has 0 spiro atoms. The number of anilines is 3. The first-order valence-corrected chi connectivity index (χ1v) is 12.8. The lowest BCUT2D eigenvalue weighted by Gasteiger charge is -2.41. The van der Waals surface area contributed by atoms with Crippen molar-refractivity contribution < 1.29 is 19.1 Å². The van der Waals surface area contributed by atoms with Gasteiger partial charge in [-0.15, -0.1) is 0 Å². The van der Waals surface area contributed by atoms with Crippen LogP contribution in [0.2, 0.25) is 0 Å². The molecule has 0 saturated carbocycles. The van der Waals surface area contributed by atoms with Crippen LogP contribution in [-0.2, 0) is 11.2 Å². The fourth-order valence-corrected chi connectivity index (χ4v) is 5.00. The number of pyridine rings is 2. The number of nitrogens with zero attached hydrogens (tertiary/aromatic N) is 7. The molecule has 1 fully saturated rings. The predicted molar refractivity (Wildman–Crippen MR) is 143 cm³/mol. The molecular weight excluding hydrogens is 488 g/mol. The number of hydrogen-bond acceptors (Lipinski definition) is 8. The monoisotopic (exact) mass is 522 g/mol.